The average molecular weight is 340 g/mol. The molecule has 0 amide bonds. The lowest BCUT2D eigenvalue weighted by Crippen LogP contribution is -2.02. The zero-order valence-corrected chi connectivity index (χ0v) is 13.0. The van der Waals surface area contributed by atoms with E-state index in [0.717, 1.165) is 21.5 Å². The van der Waals surface area contributed by atoms with Crippen LogP contribution in [0.2, 0.25) is 0 Å². The van der Waals surface area contributed by atoms with Crippen LogP contribution < -0.4 is 4.74 Å². The first-order chi connectivity index (χ1) is 9.45. The number of rotatable bonds is 4. The van der Waals surface area contributed by atoms with Crippen LogP contribution in [-0.2, 0) is 0 Å². The molecule has 106 valence electrons. The van der Waals surface area contributed by atoms with Crippen LogP contribution in [0.4, 0.5) is 5.69 Å². The van der Waals surface area contributed by atoms with Gasteiger partial charge in [-0.3, -0.25) is 10.1 Å². The van der Waals surface area contributed by atoms with Crippen LogP contribution in [0.5, 0.6) is 5.75 Å². The van der Waals surface area contributed by atoms with Crippen molar-refractivity contribution in [3.63, 3.8) is 0 Å². The summed E-state index contributed by atoms with van der Waals surface area (Å²) in [6.45, 7) is 5.97. The first kappa shape index (κ1) is 14.5. The lowest BCUT2D eigenvalue weighted by molar-refractivity contribution is -0.385. The Morgan fingerprint density at radius 2 is 2.15 bits per heavy atom. The Labute approximate surface area is 124 Å². The molecule has 0 unspecified atom stereocenters. The van der Waals surface area contributed by atoms with Crippen molar-refractivity contribution >= 4 is 21.6 Å². The molecule has 2 aromatic rings. The van der Waals surface area contributed by atoms with Gasteiger partial charge in [0.1, 0.15) is 0 Å². The van der Waals surface area contributed by atoms with E-state index in [2.05, 4.69) is 21.0 Å². The quantitative estimate of drug-likeness (QED) is 0.630. The summed E-state index contributed by atoms with van der Waals surface area (Å²) >= 11 is 3.46. The highest BCUT2D eigenvalue weighted by Crippen LogP contribution is 2.31. The van der Waals surface area contributed by atoms with Gasteiger partial charge in [-0.25, -0.2) is 4.68 Å². The predicted octanol–water partition coefficient (Wildman–Crippen LogP) is 3.56. The second-order valence-corrected chi connectivity index (χ2v) is 5.03. The smallest absolute Gasteiger partial charge is 0.311 e. The number of hydrogen-bond donors (Lipinski definition) is 0. The van der Waals surface area contributed by atoms with E-state index < -0.39 is 4.92 Å². The number of aromatic nitrogens is 2. The van der Waals surface area contributed by atoms with Gasteiger partial charge in [0.05, 0.1) is 33.1 Å². The molecular weight excluding hydrogens is 326 g/mol. The second-order valence-electron chi connectivity index (χ2n) is 4.24. The molecule has 2 rings (SSSR count). The van der Waals surface area contributed by atoms with Crippen LogP contribution in [0.15, 0.2) is 22.7 Å². The Kier molecular flexibility index (Phi) is 4.08. The topological polar surface area (TPSA) is 70.2 Å². The number of hydrogen-bond acceptors (Lipinski definition) is 4. The van der Waals surface area contributed by atoms with E-state index in [-0.39, 0.29) is 11.4 Å². The van der Waals surface area contributed by atoms with Gasteiger partial charge in [-0.1, -0.05) is 0 Å². The van der Waals surface area contributed by atoms with Crippen molar-refractivity contribution < 1.29 is 9.66 Å². The molecule has 1 heterocycles. The standard InChI is InChI=1S/C13H14BrN3O3/c1-4-20-12-7-10(5-6-11(12)17(18)19)16-9(3)13(14)8(2)15-16/h5-7H,4H2,1-3H3. The predicted molar refractivity (Wildman–Crippen MR) is 78.6 cm³/mol. The van der Waals surface area contributed by atoms with E-state index in [1.54, 1.807) is 23.7 Å². The zero-order chi connectivity index (χ0) is 14.9. The third-order valence-corrected chi connectivity index (χ3v) is 4.04. The van der Waals surface area contributed by atoms with E-state index in [1.807, 2.05) is 13.8 Å². The molecule has 0 aliphatic rings. The Balaban J connectivity index is 2.55. The van der Waals surface area contributed by atoms with Crippen molar-refractivity contribution in [3.05, 3.63) is 44.2 Å². The fourth-order valence-corrected chi connectivity index (χ4v) is 2.18. The molecule has 0 N–H and O–H groups in total. The van der Waals surface area contributed by atoms with Crippen molar-refractivity contribution in [2.45, 2.75) is 20.8 Å². The first-order valence-corrected chi connectivity index (χ1v) is 6.88. The summed E-state index contributed by atoms with van der Waals surface area (Å²) in [6, 6.07) is 4.73. The van der Waals surface area contributed by atoms with Crippen LogP contribution in [0, 0.1) is 24.0 Å². The second kappa shape index (κ2) is 5.62. The lowest BCUT2D eigenvalue weighted by atomic mass is 10.2. The molecule has 0 aliphatic carbocycles. The molecule has 0 saturated carbocycles. The molecule has 0 aliphatic heterocycles. The summed E-state index contributed by atoms with van der Waals surface area (Å²) in [5, 5.41) is 15.4. The molecule has 0 atom stereocenters. The summed E-state index contributed by atoms with van der Waals surface area (Å²) in [7, 11) is 0. The molecule has 20 heavy (non-hydrogen) atoms. The van der Waals surface area contributed by atoms with Gasteiger partial charge in [0.2, 0.25) is 0 Å². The van der Waals surface area contributed by atoms with Gasteiger partial charge in [0.25, 0.3) is 0 Å². The minimum absolute atomic E-state index is 0.0452. The van der Waals surface area contributed by atoms with Gasteiger partial charge in [0.15, 0.2) is 5.75 Å². The van der Waals surface area contributed by atoms with Crippen LogP contribution in [0.25, 0.3) is 5.69 Å². The molecule has 6 nitrogen and oxygen atoms in total. The molecule has 0 saturated heterocycles. The normalized spacial score (nSPS) is 10.6. The Bertz CT molecular complexity index is 667. The van der Waals surface area contributed by atoms with Gasteiger partial charge < -0.3 is 4.74 Å². The van der Waals surface area contributed by atoms with Gasteiger partial charge >= 0.3 is 5.69 Å². The molecule has 0 spiro atoms. The van der Waals surface area contributed by atoms with Crippen LogP contribution in [0.1, 0.15) is 18.3 Å². The summed E-state index contributed by atoms with van der Waals surface area (Å²) in [5.41, 5.74) is 2.47. The Morgan fingerprint density at radius 1 is 1.45 bits per heavy atom. The molecule has 0 radical (unpaired) electrons. The number of nitro benzene ring substituents is 1. The molecule has 1 aromatic heterocycles. The number of nitro groups is 1. The van der Waals surface area contributed by atoms with Crippen molar-refractivity contribution in [2.75, 3.05) is 6.61 Å². The van der Waals surface area contributed by atoms with E-state index in [4.69, 9.17) is 4.74 Å². The summed E-state index contributed by atoms with van der Waals surface area (Å²) < 4.78 is 8.00. The zero-order valence-electron chi connectivity index (χ0n) is 11.4. The minimum Gasteiger partial charge on any atom is -0.487 e. The lowest BCUT2D eigenvalue weighted by Gasteiger charge is -2.08. The van der Waals surface area contributed by atoms with E-state index in [0.29, 0.717) is 6.61 Å². The van der Waals surface area contributed by atoms with Gasteiger partial charge in [-0.2, -0.15) is 5.10 Å². The molecule has 0 bridgehead atoms. The van der Waals surface area contributed by atoms with Gasteiger partial charge in [-0.05, 0) is 42.8 Å². The maximum atomic E-state index is 11.0. The fraction of sp³-hybridized carbons (Fsp3) is 0.308. The third-order valence-electron chi connectivity index (χ3n) is 2.89. The average Bonchev–Trinajstić information content (AvgIpc) is 2.66. The van der Waals surface area contributed by atoms with Gasteiger partial charge in [-0.15, -0.1) is 0 Å². The first-order valence-electron chi connectivity index (χ1n) is 6.09. The largest absolute Gasteiger partial charge is 0.487 e. The molecular formula is C13H14BrN3O3. The summed E-state index contributed by atoms with van der Waals surface area (Å²) in [5.74, 6) is 0.249. The van der Waals surface area contributed by atoms with Crippen LogP contribution in [0.3, 0.4) is 0 Å². The van der Waals surface area contributed by atoms with E-state index in [9.17, 15) is 10.1 Å². The van der Waals surface area contributed by atoms with Crippen molar-refractivity contribution in [1.82, 2.24) is 9.78 Å². The Hall–Kier alpha value is -1.89. The Morgan fingerprint density at radius 3 is 2.65 bits per heavy atom. The summed E-state index contributed by atoms with van der Waals surface area (Å²) in [4.78, 5) is 10.5. The number of halogens is 1. The van der Waals surface area contributed by atoms with Crippen molar-refractivity contribution in [2.24, 2.45) is 0 Å². The highest BCUT2D eigenvalue weighted by atomic mass is 79.9. The van der Waals surface area contributed by atoms with E-state index >= 15 is 0 Å². The van der Waals surface area contributed by atoms with Crippen LogP contribution >= 0.6 is 15.9 Å². The minimum atomic E-state index is -0.452. The van der Waals surface area contributed by atoms with Gasteiger partial charge in [0, 0.05) is 12.1 Å². The molecule has 0 fully saturated rings. The van der Waals surface area contributed by atoms with Crippen molar-refractivity contribution in [3.8, 4) is 11.4 Å². The van der Waals surface area contributed by atoms with E-state index in [1.165, 1.54) is 6.07 Å². The van der Waals surface area contributed by atoms with Crippen LogP contribution in [-0.4, -0.2) is 21.3 Å². The fourth-order valence-electron chi connectivity index (χ4n) is 1.93. The number of ether oxygens (including phenoxy) is 1. The number of aryl methyl sites for hydroxylation is 1. The maximum absolute atomic E-state index is 11.0. The molecule has 7 heteroatoms. The highest BCUT2D eigenvalue weighted by Gasteiger charge is 2.18. The number of nitrogens with zero attached hydrogens (tertiary/aromatic N) is 3. The number of benzene rings is 1. The highest BCUT2D eigenvalue weighted by molar-refractivity contribution is 9.10. The molecule has 1 aromatic carbocycles. The maximum Gasteiger partial charge on any atom is 0.311 e. The third kappa shape index (κ3) is 2.53. The monoisotopic (exact) mass is 339 g/mol. The summed E-state index contributed by atoms with van der Waals surface area (Å²) in [6.07, 6.45) is 0. The van der Waals surface area contributed by atoms with Crippen molar-refractivity contribution in [1.29, 1.82) is 0 Å². The SMILES string of the molecule is CCOc1cc(-n2nc(C)c(Br)c2C)ccc1[N+](=O)[O-].